The van der Waals surface area contributed by atoms with Gasteiger partial charge in [0.1, 0.15) is 5.82 Å². The molecular weight excluding hydrogens is 293 g/mol. The number of hydrogen-bond acceptors (Lipinski definition) is 3. The molecule has 0 amide bonds. The Balaban J connectivity index is 2.12. The monoisotopic (exact) mass is 307 g/mol. The van der Waals surface area contributed by atoms with Crippen molar-refractivity contribution >= 4 is 23.1 Å². The minimum atomic E-state index is -0.426. The van der Waals surface area contributed by atoms with Crippen LogP contribution in [0.1, 0.15) is 11.1 Å². The number of hydrogen-bond donors (Lipinski definition) is 2. The van der Waals surface area contributed by atoms with E-state index in [1.54, 1.807) is 24.3 Å². The summed E-state index contributed by atoms with van der Waals surface area (Å²) in [7, 11) is 1.89. The molecule has 110 valence electrons. The van der Waals surface area contributed by atoms with Crippen molar-refractivity contribution in [1.29, 1.82) is 0 Å². The van der Waals surface area contributed by atoms with Crippen molar-refractivity contribution in [2.24, 2.45) is 10.9 Å². The summed E-state index contributed by atoms with van der Waals surface area (Å²) in [6.45, 7) is 0.539. The van der Waals surface area contributed by atoms with Gasteiger partial charge in [0.2, 0.25) is 0 Å². The first kappa shape index (κ1) is 15.1. The van der Waals surface area contributed by atoms with Gasteiger partial charge in [-0.15, -0.1) is 0 Å². The molecule has 0 aliphatic rings. The van der Waals surface area contributed by atoms with Crippen LogP contribution in [0, 0.1) is 5.82 Å². The summed E-state index contributed by atoms with van der Waals surface area (Å²) in [5.74, 6) is -0.367. The maximum Gasteiger partial charge on any atom is 0.170 e. The van der Waals surface area contributed by atoms with Gasteiger partial charge in [-0.1, -0.05) is 22.8 Å². The van der Waals surface area contributed by atoms with E-state index in [-0.39, 0.29) is 10.9 Å². The van der Waals surface area contributed by atoms with Crippen molar-refractivity contribution in [1.82, 2.24) is 0 Å². The Kier molecular flexibility index (Phi) is 4.65. The number of benzene rings is 2. The molecule has 3 N–H and O–H groups in total. The van der Waals surface area contributed by atoms with Crippen LogP contribution in [0.25, 0.3) is 0 Å². The van der Waals surface area contributed by atoms with E-state index in [9.17, 15) is 4.39 Å². The van der Waals surface area contributed by atoms with Crippen LogP contribution in [0.3, 0.4) is 0 Å². The Bertz CT molecular complexity index is 658. The average molecular weight is 308 g/mol. The predicted molar refractivity (Wildman–Crippen MR) is 82.5 cm³/mol. The molecule has 0 saturated heterocycles. The third-order valence-electron chi connectivity index (χ3n) is 3.12. The predicted octanol–water partition coefficient (Wildman–Crippen LogP) is 3.21. The molecule has 2 aromatic rings. The lowest BCUT2D eigenvalue weighted by Gasteiger charge is -2.20. The molecule has 0 radical (unpaired) electrons. The van der Waals surface area contributed by atoms with E-state index in [2.05, 4.69) is 5.16 Å². The molecule has 6 heteroatoms. The van der Waals surface area contributed by atoms with Gasteiger partial charge >= 0.3 is 0 Å². The molecule has 0 saturated carbocycles. The van der Waals surface area contributed by atoms with Crippen LogP contribution in [-0.4, -0.2) is 18.1 Å². The topological polar surface area (TPSA) is 61.8 Å². The standard InChI is InChI=1S/C15H15ClFN3O/c1-20(9-10-2-7-13(16)14(17)8-10)12-5-3-11(4-6-12)15(18)19-21/h2-8,21H,9H2,1H3,(H2,18,19). The first-order valence-corrected chi connectivity index (χ1v) is 6.62. The van der Waals surface area contributed by atoms with Crippen molar-refractivity contribution in [2.45, 2.75) is 6.54 Å². The molecule has 0 fully saturated rings. The van der Waals surface area contributed by atoms with E-state index in [1.807, 2.05) is 24.1 Å². The number of amidine groups is 1. The van der Waals surface area contributed by atoms with Gasteiger partial charge in [-0.25, -0.2) is 4.39 Å². The highest BCUT2D eigenvalue weighted by molar-refractivity contribution is 6.30. The molecule has 0 bridgehead atoms. The summed E-state index contributed by atoms with van der Waals surface area (Å²) in [5, 5.41) is 11.7. The summed E-state index contributed by atoms with van der Waals surface area (Å²) >= 11 is 5.66. The number of halogens is 2. The molecule has 0 aliphatic carbocycles. The zero-order valence-electron chi connectivity index (χ0n) is 11.4. The Morgan fingerprint density at radius 2 is 1.95 bits per heavy atom. The van der Waals surface area contributed by atoms with Crippen molar-refractivity contribution < 1.29 is 9.60 Å². The Morgan fingerprint density at radius 1 is 1.29 bits per heavy atom. The van der Waals surface area contributed by atoms with Crippen LogP contribution >= 0.6 is 11.6 Å². The molecule has 0 atom stereocenters. The van der Waals surface area contributed by atoms with Crippen LogP contribution in [0.2, 0.25) is 5.02 Å². The fourth-order valence-electron chi connectivity index (χ4n) is 1.95. The van der Waals surface area contributed by atoms with Gasteiger partial charge in [-0.3, -0.25) is 0 Å². The van der Waals surface area contributed by atoms with Crippen LogP contribution in [0.5, 0.6) is 0 Å². The molecule has 21 heavy (non-hydrogen) atoms. The first-order valence-electron chi connectivity index (χ1n) is 6.24. The lowest BCUT2D eigenvalue weighted by atomic mass is 10.1. The van der Waals surface area contributed by atoms with Gasteiger partial charge in [0, 0.05) is 24.8 Å². The van der Waals surface area contributed by atoms with E-state index in [4.69, 9.17) is 22.5 Å². The van der Waals surface area contributed by atoms with Gasteiger partial charge in [0.15, 0.2) is 5.84 Å². The highest BCUT2D eigenvalue weighted by Crippen LogP contribution is 2.19. The van der Waals surface area contributed by atoms with Crippen molar-refractivity contribution in [3.63, 3.8) is 0 Å². The van der Waals surface area contributed by atoms with E-state index in [0.717, 1.165) is 11.3 Å². The zero-order valence-corrected chi connectivity index (χ0v) is 12.2. The van der Waals surface area contributed by atoms with Crippen molar-refractivity contribution in [3.05, 3.63) is 64.4 Å². The SMILES string of the molecule is CN(Cc1ccc(Cl)c(F)c1)c1ccc(/C(N)=N/O)cc1. The van der Waals surface area contributed by atoms with E-state index in [0.29, 0.717) is 12.1 Å². The molecule has 4 nitrogen and oxygen atoms in total. The van der Waals surface area contributed by atoms with Crippen molar-refractivity contribution in [2.75, 3.05) is 11.9 Å². The summed E-state index contributed by atoms with van der Waals surface area (Å²) in [6, 6.07) is 11.9. The molecular formula is C15H15ClFN3O. The third kappa shape index (κ3) is 3.64. The number of rotatable bonds is 4. The van der Waals surface area contributed by atoms with Gasteiger partial charge in [0.05, 0.1) is 5.02 Å². The fraction of sp³-hybridized carbons (Fsp3) is 0.133. The van der Waals surface area contributed by atoms with Crippen LogP contribution in [0.15, 0.2) is 47.6 Å². The maximum absolute atomic E-state index is 13.4. The second-order valence-corrected chi connectivity index (χ2v) is 5.04. The summed E-state index contributed by atoms with van der Waals surface area (Å²) in [4.78, 5) is 1.96. The Hall–Kier alpha value is -2.27. The average Bonchev–Trinajstić information content (AvgIpc) is 2.50. The smallest absolute Gasteiger partial charge is 0.170 e. The molecule has 0 spiro atoms. The molecule has 0 heterocycles. The van der Waals surface area contributed by atoms with E-state index >= 15 is 0 Å². The summed E-state index contributed by atoms with van der Waals surface area (Å²) in [5.41, 5.74) is 7.89. The minimum Gasteiger partial charge on any atom is -0.409 e. The molecule has 0 aliphatic heterocycles. The van der Waals surface area contributed by atoms with Crippen LogP contribution < -0.4 is 10.6 Å². The van der Waals surface area contributed by atoms with Crippen molar-refractivity contribution in [3.8, 4) is 0 Å². The third-order valence-corrected chi connectivity index (χ3v) is 3.42. The maximum atomic E-state index is 13.4. The lowest BCUT2D eigenvalue weighted by molar-refractivity contribution is 0.318. The van der Waals surface area contributed by atoms with Gasteiger partial charge in [-0.05, 0) is 42.0 Å². The van der Waals surface area contributed by atoms with E-state index < -0.39 is 5.82 Å². The molecule has 2 rings (SSSR count). The molecule has 0 unspecified atom stereocenters. The quantitative estimate of drug-likeness (QED) is 0.394. The van der Waals surface area contributed by atoms with Crippen LogP contribution in [0.4, 0.5) is 10.1 Å². The largest absolute Gasteiger partial charge is 0.409 e. The second-order valence-electron chi connectivity index (χ2n) is 4.64. The van der Waals surface area contributed by atoms with Gasteiger partial charge in [-0.2, -0.15) is 0 Å². The highest BCUT2D eigenvalue weighted by atomic mass is 35.5. The van der Waals surface area contributed by atoms with Crippen LogP contribution in [-0.2, 0) is 6.54 Å². The Labute approximate surface area is 127 Å². The number of anilines is 1. The summed E-state index contributed by atoms with van der Waals surface area (Å²) in [6.07, 6.45) is 0. The first-order chi connectivity index (χ1) is 10.0. The van der Waals surface area contributed by atoms with E-state index in [1.165, 1.54) is 6.07 Å². The minimum absolute atomic E-state index is 0.0592. The van der Waals surface area contributed by atoms with Gasteiger partial charge in [0.25, 0.3) is 0 Å². The number of oxime groups is 1. The number of nitrogens with two attached hydrogens (primary N) is 1. The fourth-order valence-corrected chi connectivity index (χ4v) is 2.07. The lowest BCUT2D eigenvalue weighted by Crippen LogP contribution is -2.17. The normalized spacial score (nSPS) is 11.5. The Morgan fingerprint density at radius 3 is 2.52 bits per heavy atom. The molecule has 2 aromatic carbocycles. The second kappa shape index (κ2) is 6.45. The molecule has 0 aromatic heterocycles. The van der Waals surface area contributed by atoms with Gasteiger partial charge < -0.3 is 15.8 Å². The number of nitrogens with zero attached hydrogens (tertiary/aromatic N) is 2. The summed E-state index contributed by atoms with van der Waals surface area (Å²) < 4.78 is 13.4. The highest BCUT2D eigenvalue weighted by Gasteiger charge is 2.06. The zero-order chi connectivity index (χ0) is 15.4.